The number of aliphatic carboxylic acids is 1. The minimum atomic E-state index is -1.02. The van der Waals surface area contributed by atoms with Gasteiger partial charge >= 0.3 is 5.97 Å². The number of hydrogen-bond donors (Lipinski definition) is 2. The molecule has 0 saturated heterocycles. The molecule has 0 atom stereocenters. The molecule has 19 heavy (non-hydrogen) atoms. The summed E-state index contributed by atoms with van der Waals surface area (Å²) in [6.45, 7) is -0.503. The summed E-state index contributed by atoms with van der Waals surface area (Å²) in [5.74, 6) is -0.554. The van der Waals surface area contributed by atoms with Crippen LogP contribution in [-0.2, 0) is 11.4 Å². The lowest BCUT2D eigenvalue weighted by Crippen LogP contribution is -2.09. The van der Waals surface area contributed by atoms with Crippen LogP contribution < -0.4 is 4.74 Å². The average Bonchev–Trinajstić information content (AvgIpc) is 2.45. The number of rotatable bonds is 5. The molecule has 2 aromatic rings. The summed E-state index contributed by atoms with van der Waals surface area (Å²) in [5, 5.41) is 17.6. The fourth-order valence-electron chi connectivity index (χ4n) is 1.62. The summed E-state index contributed by atoms with van der Waals surface area (Å²) in [4.78, 5) is 14.7. The lowest BCUT2D eigenvalue weighted by Gasteiger charge is -2.06. The van der Waals surface area contributed by atoms with Gasteiger partial charge in [-0.25, -0.2) is 4.79 Å². The van der Waals surface area contributed by atoms with Crippen molar-refractivity contribution in [2.75, 3.05) is 6.61 Å². The van der Waals surface area contributed by atoms with Crippen LogP contribution in [0.25, 0.3) is 11.3 Å². The number of carbonyl (C=O) groups is 1. The summed E-state index contributed by atoms with van der Waals surface area (Å²) in [7, 11) is 0. The van der Waals surface area contributed by atoms with Crippen molar-refractivity contribution in [3.8, 4) is 17.0 Å². The molecule has 0 aliphatic rings. The highest BCUT2D eigenvalue weighted by Gasteiger charge is 2.04. The third kappa shape index (κ3) is 3.53. The average molecular weight is 259 g/mol. The van der Waals surface area contributed by atoms with E-state index in [2.05, 4.69) is 4.98 Å². The lowest BCUT2D eigenvalue weighted by molar-refractivity contribution is -0.139. The highest BCUT2D eigenvalue weighted by Crippen LogP contribution is 2.22. The second kappa shape index (κ2) is 5.97. The topological polar surface area (TPSA) is 79.7 Å². The third-order valence-electron chi connectivity index (χ3n) is 2.46. The molecule has 0 fully saturated rings. The van der Waals surface area contributed by atoms with Gasteiger partial charge in [-0.3, -0.25) is 4.98 Å². The standard InChI is InChI=1S/C14H13NO4/c16-8-11-4-2-6-13(15-11)10-3-1-5-12(7-10)19-9-14(17)18/h1-7,16H,8-9H2,(H,17,18). The molecule has 0 aliphatic heterocycles. The number of carboxylic acids is 1. The number of ether oxygens (including phenoxy) is 1. The first-order valence-electron chi connectivity index (χ1n) is 5.71. The number of carboxylic acid groups (broad SMARTS) is 1. The highest BCUT2D eigenvalue weighted by molar-refractivity contribution is 5.68. The minimum absolute atomic E-state index is 0.122. The van der Waals surface area contributed by atoms with Gasteiger partial charge in [-0.15, -0.1) is 0 Å². The number of benzene rings is 1. The Labute approximate surface area is 110 Å². The zero-order valence-electron chi connectivity index (χ0n) is 10.1. The van der Waals surface area contributed by atoms with E-state index < -0.39 is 5.97 Å². The molecule has 0 unspecified atom stereocenters. The van der Waals surface area contributed by atoms with Gasteiger partial charge in [0.2, 0.25) is 0 Å². The Hall–Kier alpha value is -2.40. The molecule has 5 nitrogen and oxygen atoms in total. The van der Waals surface area contributed by atoms with Crippen molar-refractivity contribution in [3.05, 3.63) is 48.2 Å². The molecule has 0 saturated carbocycles. The van der Waals surface area contributed by atoms with Crippen LogP contribution in [0.15, 0.2) is 42.5 Å². The number of aromatic nitrogens is 1. The second-order valence-corrected chi connectivity index (χ2v) is 3.88. The smallest absolute Gasteiger partial charge is 0.341 e. The maximum Gasteiger partial charge on any atom is 0.341 e. The SMILES string of the molecule is O=C(O)COc1cccc(-c2cccc(CO)n2)c1. The van der Waals surface area contributed by atoms with E-state index in [0.717, 1.165) is 5.56 Å². The maximum atomic E-state index is 10.4. The summed E-state index contributed by atoms with van der Waals surface area (Å²) < 4.78 is 5.11. The second-order valence-electron chi connectivity index (χ2n) is 3.88. The quantitative estimate of drug-likeness (QED) is 0.854. The molecular formula is C14H13NO4. The summed E-state index contributed by atoms with van der Waals surface area (Å²) in [6.07, 6.45) is 0. The predicted octanol–water partition coefficient (Wildman–Crippen LogP) is 1.70. The summed E-state index contributed by atoms with van der Waals surface area (Å²) >= 11 is 0. The van der Waals surface area contributed by atoms with E-state index in [0.29, 0.717) is 17.1 Å². The van der Waals surface area contributed by atoms with E-state index >= 15 is 0 Å². The minimum Gasteiger partial charge on any atom is -0.482 e. The Kier molecular flexibility index (Phi) is 4.10. The van der Waals surface area contributed by atoms with Crippen LogP contribution in [0.5, 0.6) is 5.75 Å². The number of hydrogen-bond acceptors (Lipinski definition) is 4. The Balaban J connectivity index is 2.24. The van der Waals surface area contributed by atoms with Crippen molar-refractivity contribution in [1.29, 1.82) is 0 Å². The number of nitrogens with zero attached hydrogens (tertiary/aromatic N) is 1. The first-order valence-corrected chi connectivity index (χ1v) is 5.71. The van der Waals surface area contributed by atoms with Crippen molar-refractivity contribution >= 4 is 5.97 Å². The highest BCUT2D eigenvalue weighted by atomic mass is 16.5. The van der Waals surface area contributed by atoms with Crippen molar-refractivity contribution in [2.45, 2.75) is 6.61 Å². The molecule has 1 aromatic carbocycles. The van der Waals surface area contributed by atoms with Crippen molar-refractivity contribution < 1.29 is 19.7 Å². The monoisotopic (exact) mass is 259 g/mol. The molecule has 0 bridgehead atoms. The van der Waals surface area contributed by atoms with Crippen LogP contribution in [-0.4, -0.2) is 27.8 Å². The van der Waals surface area contributed by atoms with Crippen LogP contribution in [0.3, 0.4) is 0 Å². The normalized spacial score (nSPS) is 10.2. The molecule has 2 N–H and O–H groups in total. The van der Waals surface area contributed by atoms with E-state index in [-0.39, 0.29) is 13.2 Å². The van der Waals surface area contributed by atoms with Gasteiger partial charge in [0, 0.05) is 5.56 Å². The molecule has 2 rings (SSSR count). The van der Waals surface area contributed by atoms with Crippen LogP contribution in [0.2, 0.25) is 0 Å². The van der Waals surface area contributed by atoms with E-state index in [1.807, 2.05) is 12.1 Å². The molecule has 1 heterocycles. The predicted molar refractivity (Wildman–Crippen MR) is 68.7 cm³/mol. The van der Waals surface area contributed by atoms with E-state index in [1.54, 1.807) is 30.3 Å². The van der Waals surface area contributed by atoms with E-state index in [1.165, 1.54) is 0 Å². The van der Waals surface area contributed by atoms with Crippen molar-refractivity contribution in [3.63, 3.8) is 0 Å². The Morgan fingerprint density at radius 2 is 2.00 bits per heavy atom. The van der Waals surface area contributed by atoms with Crippen LogP contribution in [0, 0.1) is 0 Å². The molecule has 0 radical (unpaired) electrons. The van der Waals surface area contributed by atoms with Crippen LogP contribution >= 0.6 is 0 Å². The van der Waals surface area contributed by atoms with Gasteiger partial charge in [-0.05, 0) is 24.3 Å². The Morgan fingerprint density at radius 3 is 2.74 bits per heavy atom. The van der Waals surface area contributed by atoms with Gasteiger partial charge in [0.15, 0.2) is 6.61 Å². The third-order valence-corrected chi connectivity index (χ3v) is 2.46. The van der Waals surface area contributed by atoms with Gasteiger partial charge < -0.3 is 14.9 Å². The van der Waals surface area contributed by atoms with Crippen LogP contribution in [0.1, 0.15) is 5.69 Å². The van der Waals surface area contributed by atoms with Gasteiger partial charge in [0.25, 0.3) is 0 Å². The largest absolute Gasteiger partial charge is 0.482 e. The summed E-state index contributed by atoms with van der Waals surface area (Å²) in [6, 6.07) is 12.4. The first kappa shape index (κ1) is 13.0. The van der Waals surface area contributed by atoms with Gasteiger partial charge in [0.1, 0.15) is 5.75 Å². The van der Waals surface area contributed by atoms with Gasteiger partial charge in [-0.1, -0.05) is 18.2 Å². The maximum absolute atomic E-state index is 10.4. The molecule has 0 aliphatic carbocycles. The number of aliphatic hydroxyl groups excluding tert-OH is 1. The van der Waals surface area contributed by atoms with Crippen molar-refractivity contribution in [2.24, 2.45) is 0 Å². The van der Waals surface area contributed by atoms with E-state index in [4.69, 9.17) is 14.9 Å². The molecule has 0 spiro atoms. The zero-order valence-corrected chi connectivity index (χ0v) is 10.1. The van der Waals surface area contributed by atoms with Crippen LogP contribution in [0.4, 0.5) is 0 Å². The lowest BCUT2D eigenvalue weighted by atomic mass is 10.1. The zero-order chi connectivity index (χ0) is 13.7. The van der Waals surface area contributed by atoms with Gasteiger partial charge in [0.05, 0.1) is 18.0 Å². The molecule has 98 valence electrons. The molecular weight excluding hydrogens is 246 g/mol. The summed E-state index contributed by atoms with van der Waals surface area (Å²) in [5.41, 5.74) is 2.08. The Bertz CT molecular complexity index is 583. The molecule has 1 aromatic heterocycles. The fourth-order valence-corrected chi connectivity index (χ4v) is 1.62. The number of pyridine rings is 1. The number of aliphatic hydroxyl groups is 1. The molecule has 0 amide bonds. The Morgan fingerprint density at radius 1 is 1.21 bits per heavy atom. The fraction of sp³-hybridized carbons (Fsp3) is 0.143. The van der Waals surface area contributed by atoms with Gasteiger partial charge in [-0.2, -0.15) is 0 Å². The van der Waals surface area contributed by atoms with Crippen molar-refractivity contribution in [1.82, 2.24) is 4.98 Å². The first-order chi connectivity index (χ1) is 9.19. The van der Waals surface area contributed by atoms with E-state index in [9.17, 15) is 4.79 Å². The molecule has 5 heteroatoms.